The van der Waals surface area contributed by atoms with Crippen LogP contribution in [0.25, 0.3) is 0 Å². The van der Waals surface area contributed by atoms with E-state index < -0.39 is 0 Å². The standard InChI is InChI=1S/C19H21FO5/c1-21-17-14(10-16-18(19(17)22-2)25-12-24-16)4-3-9-23-11-13-5-7-15(20)8-6-13/h5-8,10H,3-4,9,11-12H2,1-2H3. The molecule has 0 bridgehead atoms. The zero-order chi connectivity index (χ0) is 17.6. The Morgan fingerprint density at radius 1 is 1.04 bits per heavy atom. The third-order valence-corrected chi connectivity index (χ3v) is 3.98. The summed E-state index contributed by atoms with van der Waals surface area (Å²) in [6.45, 7) is 1.22. The first-order chi connectivity index (χ1) is 12.2. The van der Waals surface area contributed by atoms with Crippen molar-refractivity contribution in [3.8, 4) is 23.0 Å². The van der Waals surface area contributed by atoms with Crippen molar-refractivity contribution in [2.75, 3.05) is 27.6 Å². The van der Waals surface area contributed by atoms with Crippen molar-refractivity contribution in [3.05, 3.63) is 47.3 Å². The molecule has 0 saturated heterocycles. The van der Waals surface area contributed by atoms with E-state index in [2.05, 4.69) is 0 Å². The number of hydrogen-bond donors (Lipinski definition) is 0. The lowest BCUT2D eigenvalue weighted by Gasteiger charge is -2.15. The zero-order valence-corrected chi connectivity index (χ0v) is 14.3. The summed E-state index contributed by atoms with van der Waals surface area (Å²) in [4.78, 5) is 0. The first-order valence-electron chi connectivity index (χ1n) is 8.08. The summed E-state index contributed by atoms with van der Waals surface area (Å²) in [5.41, 5.74) is 1.93. The number of ether oxygens (including phenoxy) is 5. The maximum atomic E-state index is 12.9. The van der Waals surface area contributed by atoms with Crippen LogP contribution in [-0.2, 0) is 17.8 Å². The van der Waals surface area contributed by atoms with Gasteiger partial charge in [0.05, 0.1) is 20.8 Å². The minimum Gasteiger partial charge on any atom is -0.492 e. The number of methoxy groups -OCH3 is 2. The average molecular weight is 348 g/mol. The lowest BCUT2D eigenvalue weighted by Crippen LogP contribution is -2.01. The predicted molar refractivity (Wildman–Crippen MR) is 90.0 cm³/mol. The summed E-state index contributed by atoms with van der Waals surface area (Å²) >= 11 is 0. The van der Waals surface area contributed by atoms with Crippen LogP contribution >= 0.6 is 0 Å². The second-order valence-corrected chi connectivity index (χ2v) is 5.62. The highest BCUT2D eigenvalue weighted by atomic mass is 19.1. The molecule has 134 valence electrons. The fourth-order valence-electron chi connectivity index (χ4n) is 2.78. The summed E-state index contributed by atoms with van der Waals surface area (Å²) in [5, 5.41) is 0. The second-order valence-electron chi connectivity index (χ2n) is 5.62. The number of fused-ring (bicyclic) bond motifs is 1. The van der Waals surface area contributed by atoms with Crippen LogP contribution in [0.15, 0.2) is 30.3 Å². The fraction of sp³-hybridized carbons (Fsp3) is 0.368. The summed E-state index contributed by atoms with van der Waals surface area (Å²) in [5.74, 6) is 2.22. The summed E-state index contributed by atoms with van der Waals surface area (Å²) < 4.78 is 40.3. The maximum Gasteiger partial charge on any atom is 0.231 e. The van der Waals surface area contributed by atoms with Gasteiger partial charge in [-0.3, -0.25) is 0 Å². The maximum absolute atomic E-state index is 12.9. The van der Waals surface area contributed by atoms with Gasteiger partial charge in [0.25, 0.3) is 0 Å². The minimum absolute atomic E-state index is 0.180. The van der Waals surface area contributed by atoms with Crippen LogP contribution in [0.4, 0.5) is 4.39 Å². The van der Waals surface area contributed by atoms with E-state index in [0.717, 1.165) is 24.0 Å². The smallest absolute Gasteiger partial charge is 0.231 e. The van der Waals surface area contributed by atoms with E-state index in [1.54, 1.807) is 26.4 Å². The van der Waals surface area contributed by atoms with Gasteiger partial charge in [-0.05, 0) is 36.6 Å². The molecule has 0 fully saturated rings. The Labute approximate surface area is 146 Å². The normalized spacial score (nSPS) is 12.3. The highest BCUT2D eigenvalue weighted by Crippen LogP contribution is 2.49. The van der Waals surface area contributed by atoms with Crippen molar-refractivity contribution in [2.45, 2.75) is 19.4 Å². The van der Waals surface area contributed by atoms with Crippen molar-refractivity contribution in [1.82, 2.24) is 0 Å². The highest BCUT2D eigenvalue weighted by Gasteiger charge is 2.25. The molecular formula is C19H21FO5. The van der Waals surface area contributed by atoms with Crippen molar-refractivity contribution in [2.24, 2.45) is 0 Å². The third-order valence-electron chi connectivity index (χ3n) is 3.98. The Balaban J connectivity index is 1.57. The van der Waals surface area contributed by atoms with Crippen LogP contribution in [0, 0.1) is 5.82 Å². The third kappa shape index (κ3) is 3.96. The topological polar surface area (TPSA) is 46.2 Å². The van der Waals surface area contributed by atoms with E-state index >= 15 is 0 Å². The highest BCUT2D eigenvalue weighted by molar-refractivity contribution is 5.63. The number of rotatable bonds is 8. The van der Waals surface area contributed by atoms with Crippen LogP contribution in [0.5, 0.6) is 23.0 Å². The van der Waals surface area contributed by atoms with E-state index in [1.807, 2.05) is 6.07 Å². The molecule has 1 aliphatic rings. The molecule has 0 saturated carbocycles. The molecule has 3 rings (SSSR count). The van der Waals surface area contributed by atoms with E-state index in [-0.39, 0.29) is 12.6 Å². The molecule has 2 aromatic carbocycles. The molecule has 1 aliphatic heterocycles. The molecule has 0 unspecified atom stereocenters. The predicted octanol–water partition coefficient (Wildman–Crippen LogP) is 3.72. The average Bonchev–Trinajstić information content (AvgIpc) is 3.09. The van der Waals surface area contributed by atoms with Crippen LogP contribution in [-0.4, -0.2) is 27.6 Å². The molecule has 0 atom stereocenters. The van der Waals surface area contributed by atoms with Gasteiger partial charge in [-0.25, -0.2) is 4.39 Å². The van der Waals surface area contributed by atoms with Gasteiger partial charge >= 0.3 is 0 Å². The summed E-state index contributed by atoms with van der Waals surface area (Å²) in [6.07, 6.45) is 1.56. The molecule has 2 aromatic rings. The Bertz CT molecular complexity index is 715. The van der Waals surface area contributed by atoms with Crippen molar-refractivity contribution in [1.29, 1.82) is 0 Å². The summed E-state index contributed by atoms with van der Waals surface area (Å²) in [7, 11) is 3.18. The van der Waals surface area contributed by atoms with Gasteiger partial charge in [0.2, 0.25) is 18.3 Å². The molecule has 5 nitrogen and oxygen atoms in total. The van der Waals surface area contributed by atoms with Gasteiger partial charge in [-0.15, -0.1) is 0 Å². The van der Waals surface area contributed by atoms with Gasteiger partial charge in [-0.1, -0.05) is 12.1 Å². The largest absolute Gasteiger partial charge is 0.492 e. The first-order valence-corrected chi connectivity index (χ1v) is 8.08. The van der Waals surface area contributed by atoms with Crippen LogP contribution in [0.3, 0.4) is 0 Å². The molecule has 6 heteroatoms. The van der Waals surface area contributed by atoms with Gasteiger partial charge in [0.1, 0.15) is 5.82 Å². The number of aryl methyl sites for hydroxylation is 1. The van der Waals surface area contributed by atoms with Gasteiger partial charge in [0.15, 0.2) is 11.5 Å². The van der Waals surface area contributed by atoms with E-state index in [0.29, 0.717) is 36.2 Å². The van der Waals surface area contributed by atoms with E-state index in [1.165, 1.54) is 12.1 Å². The molecule has 0 aromatic heterocycles. The van der Waals surface area contributed by atoms with Crippen molar-refractivity contribution >= 4 is 0 Å². The van der Waals surface area contributed by atoms with E-state index in [9.17, 15) is 4.39 Å². The monoisotopic (exact) mass is 348 g/mol. The van der Waals surface area contributed by atoms with Crippen molar-refractivity contribution in [3.63, 3.8) is 0 Å². The molecular weight excluding hydrogens is 327 g/mol. The fourth-order valence-corrected chi connectivity index (χ4v) is 2.78. The van der Waals surface area contributed by atoms with Crippen LogP contribution in [0.2, 0.25) is 0 Å². The Hall–Kier alpha value is -2.47. The molecule has 0 N–H and O–H groups in total. The SMILES string of the molecule is COc1c(CCCOCc2ccc(F)cc2)cc2c(c1OC)OCO2. The molecule has 0 aliphatic carbocycles. The quantitative estimate of drug-likeness (QED) is 0.681. The zero-order valence-electron chi connectivity index (χ0n) is 14.3. The Kier molecular flexibility index (Phi) is 5.60. The van der Waals surface area contributed by atoms with Gasteiger partial charge < -0.3 is 23.7 Å². The number of benzene rings is 2. The Morgan fingerprint density at radius 2 is 1.80 bits per heavy atom. The molecule has 25 heavy (non-hydrogen) atoms. The number of hydrogen-bond acceptors (Lipinski definition) is 5. The Morgan fingerprint density at radius 3 is 2.52 bits per heavy atom. The van der Waals surface area contributed by atoms with Crippen LogP contribution < -0.4 is 18.9 Å². The van der Waals surface area contributed by atoms with Crippen molar-refractivity contribution < 1.29 is 28.1 Å². The van der Waals surface area contributed by atoms with Gasteiger partial charge in [0, 0.05) is 12.2 Å². The lowest BCUT2D eigenvalue weighted by atomic mass is 10.1. The second kappa shape index (κ2) is 8.07. The van der Waals surface area contributed by atoms with Gasteiger partial charge in [-0.2, -0.15) is 0 Å². The molecule has 1 heterocycles. The van der Waals surface area contributed by atoms with Crippen LogP contribution in [0.1, 0.15) is 17.5 Å². The minimum atomic E-state index is -0.243. The van der Waals surface area contributed by atoms with E-state index in [4.69, 9.17) is 23.7 Å². The summed E-state index contributed by atoms with van der Waals surface area (Å²) in [6, 6.07) is 8.23. The lowest BCUT2D eigenvalue weighted by molar-refractivity contribution is 0.118. The molecule has 0 radical (unpaired) electrons. The molecule has 0 spiro atoms. The number of halogens is 1. The first kappa shape index (κ1) is 17.4. The molecule has 0 amide bonds.